The summed E-state index contributed by atoms with van der Waals surface area (Å²) in [5, 5.41) is 3.25. The molecule has 0 atom stereocenters. The summed E-state index contributed by atoms with van der Waals surface area (Å²) in [6, 6.07) is 4.62. The molecule has 0 amide bonds. The summed E-state index contributed by atoms with van der Waals surface area (Å²) in [6.07, 6.45) is 3.71. The number of rotatable bonds is 6. The van der Waals surface area contributed by atoms with Gasteiger partial charge in [-0.3, -0.25) is 0 Å². The molecule has 1 rings (SSSR count). The summed E-state index contributed by atoms with van der Waals surface area (Å²) in [7, 11) is 2.03. The topological polar surface area (TPSA) is 12.0 Å². The Balaban J connectivity index is 2.69. The van der Waals surface area contributed by atoms with Crippen LogP contribution in [-0.2, 0) is 6.42 Å². The van der Waals surface area contributed by atoms with Crippen LogP contribution < -0.4 is 5.32 Å². The van der Waals surface area contributed by atoms with Crippen molar-refractivity contribution in [1.29, 1.82) is 0 Å². The molecule has 0 heterocycles. The average molecular weight is 247 g/mol. The summed E-state index contributed by atoms with van der Waals surface area (Å²) in [5.41, 5.74) is 6.27. The molecule has 0 aromatic heterocycles. The van der Waals surface area contributed by atoms with Crippen LogP contribution in [0.4, 0.5) is 0 Å². The van der Waals surface area contributed by atoms with E-state index < -0.39 is 0 Å². The highest BCUT2D eigenvalue weighted by molar-refractivity contribution is 5.37. The first-order chi connectivity index (χ1) is 8.35. The van der Waals surface area contributed by atoms with E-state index in [0.717, 1.165) is 6.54 Å². The smallest absolute Gasteiger partial charge is 0.00468 e. The molecule has 102 valence electrons. The standard InChI is InChI=1S/C17H29N/c1-13-11-14(2)16(15(3)12-13)7-8-17(4,5)9-10-18-6/h11-12,18H,7-10H2,1-6H3. The van der Waals surface area contributed by atoms with E-state index in [9.17, 15) is 0 Å². The molecule has 0 unspecified atom stereocenters. The summed E-state index contributed by atoms with van der Waals surface area (Å²) >= 11 is 0. The molecular weight excluding hydrogens is 218 g/mol. The third-order valence-corrected chi connectivity index (χ3v) is 3.94. The fourth-order valence-corrected chi connectivity index (χ4v) is 2.66. The normalized spacial score (nSPS) is 11.9. The van der Waals surface area contributed by atoms with Gasteiger partial charge in [-0.25, -0.2) is 0 Å². The summed E-state index contributed by atoms with van der Waals surface area (Å²) < 4.78 is 0. The van der Waals surface area contributed by atoms with Gasteiger partial charge in [0.2, 0.25) is 0 Å². The van der Waals surface area contributed by atoms with Crippen molar-refractivity contribution in [2.24, 2.45) is 5.41 Å². The molecule has 0 aliphatic rings. The van der Waals surface area contributed by atoms with Gasteiger partial charge in [-0.2, -0.15) is 0 Å². The Labute approximate surface area is 113 Å². The second-order valence-corrected chi connectivity index (χ2v) is 6.40. The Hall–Kier alpha value is -0.820. The van der Waals surface area contributed by atoms with Crippen LogP contribution >= 0.6 is 0 Å². The molecule has 0 radical (unpaired) electrons. The molecule has 0 bridgehead atoms. The van der Waals surface area contributed by atoms with Gasteiger partial charge in [-0.1, -0.05) is 31.5 Å². The maximum atomic E-state index is 3.25. The first-order valence-corrected chi connectivity index (χ1v) is 7.07. The van der Waals surface area contributed by atoms with Gasteiger partial charge in [-0.05, 0) is 75.7 Å². The average Bonchev–Trinajstić information content (AvgIpc) is 2.24. The second-order valence-electron chi connectivity index (χ2n) is 6.40. The maximum Gasteiger partial charge on any atom is -0.00468 e. The molecule has 0 aliphatic carbocycles. The molecule has 0 saturated carbocycles. The molecule has 1 heteroatoms. The number of hydrogen-bond acceptors (Lipinski definition) is 1. The van der Waals surface area contributed by atoms with E-state index in [0.29, 0.717) is 5.41 Å². The van der Waals surface area contributed by atoms with Crippen molar-refractivity contribution < 1.29 is 0 Å². The van der Waals surface area contributed by atoms with E-state index in [4.69, 9.17) is 0 Å². The lowest BCUT2D eigenvalue weighted by atomic mass is 9.82. The molecule has 1 aromatic carbocycles. The van der Waals surface area contributed by atoms with Crippen LogP contribution in [0, 0.1) is 26.2 Å². The summed E-state index contributed by atoms with van der Waals surface area (Å²) in [6.45, 7) is 12.5. The number of nitrogens with one attached hydrogen (secondary N) is 1. The van der Waals surface area contributed by atoms with E-state index >= 15 is 0 Å². The van der Waals surface area contributed by atoms with E-state index in [1.807, 2.05) is 7.05 Å². The number of benzene rings is 1. The largest absolute Gasteiger partial charge is 0.320 e. The summed E-state index contributed by atoms with van der Waals surface area (Å²) in [4.78, 5) is 0. The van der Waals surface area contributed by atoms with Gasteiger partial charge < -0.3 is 5.32 Å². The predicted octanol–water partition coefficient (Wildman–Crippen LogP) is 4.18. The highest BCUT2D eigenvalue weighted by Gasteiger charge is 2.18. The Morgan fingerprint density at radius 1 is 1.00 bits per heavy atom. The molecule has 1 nitrogen and oxygen atoms in total. The Morgan fingerprint density at radius 3 is 2.06 bits per heavy atom. The van der Waals surface area contributed by atoms with Gasteiger partial charge in [-0.15, -0.1) is 0 Å². The van der Waals surface area contributed by atoms with Crippen molar-refractivity contribution in [1.82, 2.24) is 5.32 Å². The SMILES string of the molecule is CNCCC(C)(C)CCc1c(C)cc(C)cc1C. The fourth-order valence-electron chi connectivity index (χ4n) is 2.66. The van der Waals surface area contributed by atoms with Crippen LogP contribution in [0.5, 0.6) is 0 Å². The number of hydrogen-bond donors (Lipinski definition) is 1. The third-order valence-electron chi connectivity index (χ3n) is 3.94. The Kier molecular flexibility index (Phi) is 5.40. The van der Waals surface area contributed by atoms with E-state index in [1.54, 1.807) is 5.56 Å². The van der Waals surface area contributed by atoms with Crippen LogP contribution in [0.1, 0.15) is 48.9 Å². The van der Waals surface area contributed by atoms with Gasteiger partial charge in [0.05, 0.1) is 0 Å². The highest BCUT2D eigenvalue weighted by Crippen LogP contribution is 2.28. The van der Waals surface area contributed by atoms with Gasteiger partial charge in [0.1, 0.15) is 0 Å². The van der Waals surface area contributed by atoms with Gasteiger partial charge in [0.25, 0.3) is 0 Å². The van der Waals surface area contributed by atoms with Crippen LogP contribution in [0.15, 0.2) is 12.1 Å². The predicted molar refractivity (Wildman–Crippen MR) is 81.3 cm³/mol. The van der Waals surface area contributed by atoms with Crippen molar-refractivity contribution in [3.63, 3.8) is 0 Å². The van der Waals surface area contributed by atoms with Crippen molar-refractivity contribution in [2.45, 2.75) is 53.9 Å². The third kappa shape index (κ3) is 4.45. The van der Waals surface area contributed by atoms with Crippen LogP contribution in [0.3, 0.4) is 0 Å². The maximum absolute atomic E-state index is 3.25. The molecule has 1 N–H and O–H groups in total. The van der Waals surface area contributed by atoms with Crippen LogP contribution in [0.2, 0.25) is 0 Å². The highest BCUT2D eigenvalue weighted by atomic mass is 14.8. The Morgan fingerprint density at radius 2 is 1.56 bits per heavy atom. The zero-order chi connectivity index (χ0) is 13.8. The second kappa shape index (κ2) is 6.38. The molecule has 0 spiro atoms. The summed E-state index contributed by atoms with van der Waals surface area (Å²) in [5.74, 6) is 0. The molecule has 0 aliphatic heterocycles. The molecule has 18 heavy (non-hydrogen) atoms. The lowest BCUT2D eigenvalue weighted by molar-refractivity contribution is 0.305. The van der Waals surface area contributed by atoms with E-state index in [1.165, 1.54) is 36.0 Å². The lowest BCUT2D eigenvalue weighted by Crippen LogP contribution is -2.20. The lowest BCUT2D eigenvalue weighted by Gasteiger charge is -2.25. The monoisotopic (exact) mass is 247 g/mol. The van der Waals surface area contributed by atoms with E-state index in [2.05, 4.69) is 52.1 Å². The van der Waals surface area contributed by atoms with E-state index in [-0.39, 0.29) is 0 Å². The van der Waals surface area contributed by atoms with Crippen molar-refractivity contribution >= 4 is 0 Å². The zero-order valence-electron chi connectivity index (χ0n) is 13.0. The quantitative estimate of drug-likeness (QED) is 0.795. The molecule has 1 aromatic rings. The van der Waals surface area contributed by atoms with Crippen LogP contribution in [0.25, 0.3) is 0 Å². The Bertz CT molecular complexity index is 368. The minimum atomic E-state index is 0.423. The molecular formula is C17H29N. The molecule has 0 fully saturated rings. The zero-order valence-corrected chi connectivity index (χ0v) is 13.0. The minimum Gasteiger partial charge on any atom is -0.320 e. The van der Waals surface area contributed by atoms with Crippen molar-refractivity contribution in [3.8, 4) is 0 Å². The van der Waals surface area contributed by atoms with Crippen LogP contribution in [-0.4, -0.2) is 13.6 Å². The number of aryl methyl sites for hydroxylation is 3. The fraction of sp³-hybridized carbons (Fsp3) is 0.647. The molecule has 0 saturated heterocycles. The van der Waals surface area contributed by atoms with Crippen molar-refractivity contribution in [2.75, 3.05) is 13.6 Å². The first kappa shape index (κ1) is 15.2. The minimum absolute atomic E-state index is 0.423. The van der Waals surface area contributed by atoms with Gasteiger partial charge >= 0.3 is 0 Å². The van der Waals surface area contributed by atoms with Gasteiger partial charge in [0, 0.05) is 0 Å². The van der Waals surface area contributed by atoms with Crippen molar-refractivity contribution in [3.05, 3.63) is 34.4 Å². The van der Waals surface area contributed by atoms with Gasteiger partial charge in [0.15, 0.2) is 0 Å². The first-order valence-electron chi connectivity index (χ1n) is 7.07.